The number of benzene rings is 1. The summed E-state index contributed by atoms with van der Waals surface area (Å²) in [7, 11) is 0. The van der Waals surface area contributed by atoms with E-state index in [1.807, 2.05) is 23.1 Å². The third-order valence-electron chi connectivity index (χ3n) is 5.45. The lowest BCUT2D eigenvalue weighted by Gasteiger charge is -2.36. The number of cyclic esters (lactones) is 1. The van der Waals surface area contributed by atoms with Crippen LogP contribution in [0.1, 0.15) is 19.3 Å². The molecule has 3 aliphatic heterocycles. The molecule has 0 aliphatic carbocycles. The van der Waals surface area contributed by atoms with Crippen molar-refractivity contribution in [3.63, 3.8) is 0 Å². The van der Waals surface area contributed by atoms with Crippen molar-refractivity contribution in [3.05, 3.63) is 23.2 Å². The number of piperidine rings is 1. The molecule has 3 aliphatic rings. The lowest BCUT2D eigenvalue weighted by molar-refractivity contribution is 0.0468. The fraction of sp³-hybridized carbons (Fsp3) is 0.632. The van der Waals surface area contributed by atoms with E-state index in [1.165, 1.54) is 12.8 Å². The maximum absolute atomic E-state index is 11.5. The smallest absolute Gasteiger partial charge is 0.409 e. The summed E-state index contributed by atoms with van der Waals surface area (Å²) in [5, 5.41) is 0.663. The van der Waals surface area contributed by atoms with E-state index in [0.717, 1.165) is 50.6 Å². The van der Waals surface area contributed by atoms with Crippen molar-refractivity contribution < 1.29 is 19.0 Å². The molecule has 2 saturated heterocycles. The lowest BCUT2D eigenvalue weighted by Crippen LogP contribution is -2.44. The fourth-order valence-corrected chi connectivity index (χ4v) is 4.05. The van der Waals surface area contributed by atoms with Crippen LogP contribution in [0.15, 0.2) is 18.2 Å². The molecule has 3 heterocycles. The Morgan fingerprint density at radius 3 is 2.67 bits per heavy atom. The zero-order chi connectivity index (χ0) is 17.9. The van der Waals surface area contributed by atoms with Gasteiger partial charge in [-0.3, -0.25) is 4.90 Å². The van der Waals surface area contributed by atoms with Crippen LogP contribution in [0, 0.1) is 5.92 Å². The average molecular weight is 415 g/mol. The Morgan fingerprint density at radius 1 is 1.11 bits per heavy atom. The summed E-state index contributed by atoms with van der Waals surface area (Å²) in [6, 6.07) is 5.49. The van der Waals surface area contributed by atoms with E-state index < -0.39 is 0 Å². The topological polar surface area (TPSA) is 51.2 Å². The van der Waals surface area contributed by atoms with Crippen molar-refractivity contribution in [1.29, 1.82) is 0 Å². The van der Waals surface area contributed by atoms with Crippen molar-refractivity contribution in [2.45, 2.75) is 25.4 Å². The highest BCUT2D eigenvalue weighted by atomic mass is 35.5. The SMILES string of the molecule is O=C1OCCN1CCC1CCN(C[C@H]2COc3ccc(Cl)cc3O2)CC1.S. The number of likely N-dealkylation sites (tertiary alicyclic amines) is 1. The molecule has 0 bridgehead atoms. The van der Waals surface area contributed by atoms with Gasteiger partial charge in [-0.2, -0.15) is 13.5 Å². The van der Waals surface area contributed by atoms with Gasteiger partial charge in [-0.1, -0.05) is 11.6 Å². The van der Waals surface area contributed by atoms with Crippen LogP contribution >= 0.6 is 25.1 Å². The summed E-state index contributed by atoms with van der Waals surface area (Å²) in [5.74, 6) is 2.19. The Labute approximate surface area is 172 Å². The molecule has 0 aromatic heterocycles. The van der Waals surface area contributed by atoms with Crippen LogP contribution < -0.4 is 9.47 Å². The predicted molar refractivity (Wildman–Crippen MR) is 108 cm³/mol. The van der Waals surface area contributed by atoms with E-state index in [0.29, 0.717) is 24.2 Å². The standard InChI is InChI=1S/C19H25ClN2O4.H2S/c20-15-1-2-17-18(11-15)26-16(13-25-17)12-21-6-3-14(4-7-21)5-8-22-9-10-24-19(22)23;/h1-2,11,14,16H,3-10,12-13H2;1H2/t16-;/m0./s1. The highest BCUT2D eigenvalue weighted by molar-refractivity contribution is 7.59. The normalized spacial score (nSPS) is 23.1. The van der Waals surface area contributed by atoms with Crippen molar-refractivity contribution in [2.24, 2.45) is 5.92 Å². The number of carbonyl (C=O) groups excluding carboxylic acids is 1. The predicted octanol–water partition coefficient (Wildman–Crippen LogP) is 3.15. The first kappa shape index (κ1) is 20.4. The van der Waals surface area contributed by atoms with E-state index >= 15 is 0 Å². The second kappa shape index (κ2) is 9.26. The average Bonchev–Trinajstić information content (AvgIpc) is 3.06. The highest BCUT2D eigenvalue weighted by Crippen LogP contribution is 2.34. The molecular formula is C19H27ClN2O4S. The van der Waals surface area contributed by atoms with Crippen LogP contribution in [0.25, 0.3) is 0 Å². The molecule has 150 valence electrons. The quantitative estimate of drug-likeness (QED) is 0.740. The summed E-state index contributed by atoms with van der Waals surface area (Å²) in [6.45, 7) is 5.68. The van der Waals surface area contributed by atoms with Gasteiger partial charge < -0.3 is 19.1 Å². The largest absolute Gasteiger partial charge is 0.486 e. The summed E-state index contributed by atoms with van der Waals surface area (Å²) in [5.41, 5.74) is 0. The number of halogens is 1. The molecule has 1 aromatic carbocycles. The Morgan fingerprint density at radius 2 is 1.93 bits per heavy atom. The van der Waals surface area contributed by atoms with E-state index in [1.54, 1.807) is 0 Å². The van der Waals surface area contributed by atoms with Crippen molar-refractivity contribution in [3.8, 4) is 11.5 Å². The number of hydrogen-bond acceptors (Lipinski definition) is 5. The second-order valence-corrected chi connectivity index (χ2v) is 7.71. The van der Waals surface area contributed by atoms with Gasteiger partial charge in [0.1, 0.15) is 19.3 Å². The Balaban J connectivity index is 0.00000210. The molecule has 27 heavy (non-hydrogen) atoms. The number of fused-ring (bicyclic) bond motifs is 1. The third-order valence-corrected chi connectivity index (χ3v) is 5.68. The maximum Gasteiger partial charge on any atom is 0.409 e. The van der Waals surface area contributed by atoms with Crippen molar-refractivity contribution >= 4 is 31.2 Å². The van der Waals surface area contributed by atoms with Gasteiger partial charge in [0.05, 0.1) is 6.54 Å². The van der Waals surface area contributed by atoms with Gasteiger partial charge in [0.2, 0.25) is 0 Å². The zero-order valence-electron chi connectivity index (χ0n) is 15.4. The lowest BCUT2D eigenvalue weighted by atomic mass is 9.93. The molecule has 1 aromatic rings. The molecule has 2 fully saturated rings. The Bertz CT molecular complexity index is 655. The summed E-state index contributed by atoms with van der Waals surface area (Å²) < 4.78 is 16.8. The minimum Gasteiger partial charge on any atom is -0.486 e. The monoisotopic (exact) mass is 414 g/mol. The summed E-state index contributed by atoms with van der Waals surface area (Å²) in [6.07, 6.45) is 3.28. The van der Waals surface area contributed by atoms with Crippen LogP contribution in [0.4, 0.5) is 4.79 Å². The van der Waals surface area contributed by atoms with Gasteiger partial charge in [-0.05, 0) is 50.4 Å². The molecule has 0 spiro atoms. The second-order valence-electron chi connectivity index (χ2n) is 7.28. The number of rotatable bonds is 5. The molecule has 0 radical (unpaired) electrons. The maximum atomic E-state index is 11.5. The first-order valence-electron chi connectivity index (χ1n) is 9.40. The summed E-state index contributed by atoms with van der Waals surface area (Å²) in [4.78, 5) is 15.8. The Hall–Kier alpha value is -1.31. The first-order valence-corrected chi connectivity index (χ1v) is 9.78. The molecule has 0 N–H and O–H groups in total. The van der Waals surface area contributed by atoms with E-state index in [-0.39, 0.29) is 25.7 Å². The van der Waals surface area contributed by atoms with Gasteiger partial charge in [-0.15, -0.1) is 0 Å². The van der Waals surface area contributed by atoms with Crippen LogP contribution in [-0.4, -0.2) is 67.9 Å². The van der Waals surface area contributed by atoms with Gasteiger partial charge in [-0.25, -0.2) is 4.79 Å². The van der Waals surface area contributed by atoms with E-state index in [9.17, 15) is 4.79 Å². The molecule has 1 amide bonds. The van der Waals surface area contributed by atoms with Gasteiger partial charge >= 0.3 is 6.09 Å². The fourth-order valence-electron chi connectivity index (χ4n) is 3.89. The number of carbonyl (C=O) groups is 1. The minimum absolute atomic E-state index is 0. The molecule has 1 atom stereocenters. The molecular weight excluding hydrogens is 388 g/mol. The van der Waals surface area contributed by atoms with E-state index in [4.69, 9.17) is 25.8 Å². The first-order chi connectivity index (χ1) is 12.7. The molecule has 0 saturated carbocycles. The van der Waals surface area contributed by atoms with Crippen LogP contribution in [0.2, 0.25) is 5.02 Å². The zero-order valence-corrected chi connectivity index (χ0v) is 17.1. The molecule has 8 heteroatoms. The van der Waals surface area contributed by atoms with Gasteiger partial charge in [0, 0.05) is 24.2 Å². The summed E-state index contributed by atoms with van der Waals surface area (Å²) >= 11 is 6.04. The number of nitrogens with zero attached hydrogens (tertiary/aromatic N) is 2. The van der Waals surface area contributed by atoms with Gasteiger partial charge in [0.15, 0.2) is 11.5 Å². The minimum atomic E-state index is -0.155. The van der Waals surface area contributed by atoms with Gasteiger partial charge in [0.25, 0.3) is 0 Å². The van der Waals surface area contributed by atoms with Crippen molar-refractivity contribution in [2.75, 3.05) is 45.9 Å². The van der Waals surface area contributed by atoms with E-state index in [2.05, 4.69) is 4.90 Å². The van der Waals surface area contributed by atoms with Crippen LogP contribution in [0.5, 0.6) is 11.5 Å². The molecule has 0 unspecified atom stereocenters. The Kier molecular flexibility index (Phi) is 7.00. The molecule has 6 nitrogen and oxygen atoms in total. The number of amides is 1. The third kappa shape index (κ3) is 5.15. The highest BCUT2D eigenvalue weighted by Gasteiger charge is 2.28. The number of hydrogen-bond donors (Lipinski definition) is 0. The van der Waals surface area contributed by atoms with Crippen molar-refractivity contribution in [1.82, 2.24) is 9.80 Å². The van der Waals surface area contributed by atoms with Crippen LogP contribution in [-0.2, 0) is 4.74 Å². The van der Waals surface area contributed by atoms with Crippen LogP contribution in [0.3, 0.4) is 0 Å². The number of ether oxygens (including phenoxy) is 3. The molecule has 4 rings (SSSR count).